The number of ether oxygens (including phenoxy) is 4. The number of phosphoric acid groups is 2. The zero-order valence-corrected chi connectivity index (χ0v) is 65.3. The number of phosphoric ester groups is 2. The first-order valence-corrected chi connectivity index (χ1v) is 43.4. The van der Waals surface area contributed by atoms with Crippen molar-refractivity contribution in [2.45, 2.75) is 420 Å². The lowest BCUT2D eigenvalue weighted by Gasteiger charge is -2.21. The number of hydrogen-bond donors (Lipinski definition) is 3. The number of hydrogen-bond acceptors (Lipinski definition) is 15. The van der Waals surface area contributed by atoms with Gasteiger partial charge in [0.25, 0.3) is 0 Å². The first-order valence-electron chi connectivity index (χ1n) is 40.4. The maximum atomic E-state index is 13.1. The highest BCUT2D eigenvalue weighted by Gasteiger charge is 2.30. The Morgan fingerprint density at radius 2 is 0.526 bits per heavy atom. The highest BCUT2D eigenvalue weighted by Crippen LogP contribution is 2.45. The van der Waals surface area contributed by atoms with Crippen LogP contribution in [0.5, 0.6) is 0 Å². The molecule has 7 atom stereocenters. The molecule has 0 aromatic carbocycles. The van der Waals surface area contributed by atoms with Gasteiger partial charge in [0.2, 0.25) is 0 Å². The zero-order chi connectivity index (χ0) is 71.6. The van der Waals surface area contributed by atoms with Gasteiger partial charge in [0.15, 0.2) is 12.2 Å². The second-order valence-corrected chi connectivity index (χ2v) is 32.0. The average molecular weight is 1420 g/mol. The molecule has 0 heterocycles. The Labute approximate surface area is 594 Å². The van der Waals surface area contributed by atoms with Crippen molar-refractivity contribution in [1.82, 2.24) is 0 Å². The molecule has 0 aromatic rings. The summed E-state index contributed by atoms with van der Waals surface area (Å²) in [6.07, 6.45) is 55.4. The second kappa shape index (κ2) is 68.5. The molecule has 19 heteroatoms. The molecule has 0 bridgehead atoms. The van der Waals surface area contributed by atoms with Crippen LogP contribution in [0.2, 0.25) is 0 Å². The summed E-state index contributed by atoms with van der Waals surface area (Å²) in [7, 11) is -9.92. The van der Waals surface area contributed by atoms with Crippen LogP contribution in [0.15, 0.2) is 0 Å². The molecule has 17 nitrogen and oxygen atoms in total. The van der Waals surface area contributed by atoms with Gasteiger partial charge >= 0.3 is 39.5 Å². The van der Waals surface area contributed by atoms with Crippen LogP contribution in [0.4, 0.5) is 0 Å². The molecule has 97 heavy (non-hydrogen) atoms. The normalized spacial score (nSPS) is 14.6. The molecule has 4 unspecified atom stereocenters. The Morgan fingerprint density at radius 3 is 0.784 bits per heavy atom. The van der Waals surface area contributed by atoms with Gasteiger partial charge in [-0.2, -0.15) is 0 Å². The summed E-state index contributed by atoms with van der Waals surface area (Å²) in [6.45, 7) is 11.9. The molecule has 576 valence electrons. The molecular formula is C78H152O17P2. The van der Waals surface area contributed by atoms with Crippen LogP contribution in [0.1, 0.15) is 402 Å². The zero-order valence-electron chi connectivity index (χ0n) is 63.5. The molecule has 0 saturated carbocycles. The number of esters is 4. The highest BCUT2D eigenvalue weighted by atomic mass is 31.2. The third kappa shape index (κ3) is 69.5. The van der Waals surface area contributed by atoms with Crippen LogP contribution in [0.3, 0.4) is 0 Å². The van der Waals surface area contributed by atoms with Gasteiger partial charge in [-0.1, -0.05) is 350 Å². The molecule has 0 rings (SSSR count). The number of aliphatic hydroxyl groups excluding tert-OH is 1. The molecule has 0 saturated heterocycles. The highest BCUT2D eigenvalue weighted by molar-refractivity contribution is 7.47. The fourth-order valence-electron chi connectivity index (χ4n) is 11.9. The average Bonchev–Trinajstić information content (AvgIpc) is 3.22. The predicted octanol–water partition coefficient (Wildman–Crippen LogP) is 23.0. The van der Waals surface area contributed by atoms with Crippen LogP contribution in [-0.4, -0.2) is 96.7 Å². The molecule has 0 amide bonds. The summed E-state index contributed by atoms with van der Waals surface area (Å²) in [5, 5.41) is 10.6. The van der Waals surface area contributed by atoms with Gasteiger partial charge in [-0.15, -0.1) is 0 Å². The smallest absolute Gasteiger partial charge is 0.462 e. The molecule has 3 N–H and O–H groups in total. The summed E-state index contributed by atoms with van der Waals surface area (Å²) in [6, 6.07) is 0. The van der Waals surface area contributed by atoms with Crippen LogP contribution in [-0.2, 0) is 65.4 Å². The van der Waals surface area contributed by atoms with E-state index in [0.29, 0.717) is 25.7 Å². The largest absolute Gasteiger partial charge is 0.472 e. The minimum absolute atomic E-state index is 0.105. The van der Waals surface area contributed by atoms with E-state index in [4.69, 9.17) is 37.0 Å². The van der Waals surface area contributed by atoms with E-state index in [-0.39, 0.29) is 25.7 Å². The lowest BCUT2D eigenvalue weighted by molar-refractivity contribution is -0.161. The maximum Gasteiger partial charge on any atom is 0.472 e. The molecule has 0 aliphatic rings. The monoisotopic (exact) mass is 1420 g/mol. The fraction of sp³-hybridized carbons (Fsp3) is 0.949. The van der Waals surface area contributed by atoms with Crippen molar-refractivity contribution >= 4 is 39.5 Å². The van der Waals surface area contributed by atoms with Crippen molar-refractivity contribution in [2.24, 2.45) is 17.8 Å². The van der Waals surface area contributed by atoms with E-state index >= 15 is 0 Å². The third-order valence-corrected chi connectivity index (χ3v) is 20.8. The van der Waals surface area contributed by atoms with Crippen molar-refractivity contribution in [1.29, 1.82) is 0 Å². The third-order valence-electron chi connectivity index (χ3n) is 18.9. The maximum absolute atomic E-state index is 13.1. The summed E-state index contributed by atoms with van der Waals surface area (Å²) < 4.78 is 68.6. The Bertz CT molecular complexity index is 1890. The van der Waals surface area contributed by atoms with Crippen molar-refractivity contribution in [3.63, 3.8) is 0 Å². The van der Waals surface area contributed by atoms with E-state index in [9.17, 15) is 43.2 Å². The van der Waals surface area contributed by atoms with E-state index in [0.717, 1.165) is 114 Å². The first-order chi connectivity index (χ1) is 46.8. The van der Waals surface area contributed by atoms with Gasteiger partial charge in [-0.05, 0) is 43.4 Å². The van der Waals surface area contributed by atoms with Gasteiger partial charge in [-0.3, -0.25) is 37.3 Å². The summed E-state index contributed by atoms with van der Waals surface area (Å²) in [5.74, 6) is 0.210. The van der Waals surface area contributed by atoms with Crippen LogP contribution < -0.4 is 0 Å². The molecule has 0 aliphatic carbocycles. The summed E-state index contributed by atoms with van der Waals surface area (Å²) in [4.78, 5) is 72.9. The van der Waals surface area contributed by atoms with Crippen molar-refractivity contribution in [3.05, 3.63) is 0 Å². The Hall–Kier alpha value is -1.94. The first kappa shape index (κ1) is 95.1. The number of carbonyl (C=O) groups excluding carboxylic acids is 4. The van der Waals surface area contributed by atoms with Gasteiger partial charge < -0.3 is 33.8 Å². The van der Waals surface area contributed by atoms with Gasteiger partial charge in [0, 0.05) is 25.7 Å². The van der Waals surface area contributed by atoms with Crippen LogP contribution in [0, 0.1) is 17.8 Å². The number of unbranched alkanes of at least 4 members (excludes halogenated alkanes) is 42. The van der Waals surface area contributed by atoms with Crippen LogP contribution >= 0.6 is 15.6 Å². The lowest BCUT2D eigenvalue weighted by Crippen LogP contribution is -2.30. The quantitative estimate of drug-likeness (QED) is 0.0222. The van der Waals surface area contributed by atoms with Crippen molar-refractivity contribution in [3.8, 4) is 0 Å². The summed E-state index contributed by atoms with van der Waals surface area (Å²) in [5.41, 5.74) is 0. The second-order valence-electron chi connectivity index (χ2n) is 29.1. The number of aliphatic hydroxyl groups is 1. The van der Waals surface area contributed by atoms with E-state index in [1.165, 1.54) is 205 Å². The summed E-state index contributed by atoms with van der Waals surface area (Å²) >= 11 is 0. The van der Waals surface area contributed by atoms with Gasteiger partial charge in [0.1, 0.15) is 19.3 Å². The number of carbonyl (C=O) groups is 4. The number of rotatable bonds is 76. The molecule has 0 radical (unpaired) electrons. The van der Waals surface area contributed by atoms with E-state index in [2.05, 4.69) is 48.5 Å². The topological polar surface area (TPSA) is 237 Å². The molecule has 0 aliphatic heterocycles. The SMILES string of the molecule is CCCCCCCCCCCCCCCCCCCC(=O)O[C@H](COC(=O)CCCCCCCCCCCCCCCC(C)C)COP(=O)(O)OC[C@@H](O)COP(=O)(O)OC[C@@H](COC(=O)CCCCCCCCC(C)CC)OC(=O)CCCCCCCCCCCCC(C)CC. The van der Waals surface area contributed by atoms with E-state index in [1.807, 2.05) is 0 Å². The fourth-order valence-corrected chi connectivity index (χ4v) is 13.5. The minimum atomic E-state index is -4.96. The minimum Gasteiger partial charge on any atom is -0.462 e. The molecule has 0 aromatic heterocycles. The molecule has 0 spiro atoms. The van der Waals surface area contributed by atoms with Crippen LogP contribution in [0.25, 0.3) is 0 Å². The Kier molecular flexibility index (Phi) is 67.1. The van der Waals surface area contributed by atoms with Gasteiger partial charge in [-0.25, -0.2) is 9.13 Å². The molecular weight excluding hydrogens is 1270 g/mol. The molecule has 0 fully saturated rings. The predicted molar refractivity (Wildman–Crippen MR) is 395 cm³/mol. The Balaban J connectivity index is 5.26. The van der Waals surface area contributed by atoms with E-state index < -0.39 is 97.5 Å². The van der Waals surface area contributed by atoms with Gasteiger partial charge in [0.05, 0.1) is 26.4 Å². The standard InChI is InChI=1S/C78H152O17P2/c1-8-11-12-13-14-15-16-17-18-19-20-23-27-33-38-47-54-61-77(82)94-73(65-88-75(80)59-52-45-37-32-26-24-21-22-25-30-35-42-49-56-69(4)5)67-92-96(84,85)90-63-72(79)64-91-97(86,87)93-68-74(66-89-76(81)60-53-46-41-40-44-51-58-71(7)10-3)95-78(83)62-55-48-39-34-29-28-31-36-43-50-57-70(6)9-2/h69-74,79H,8-68H2,1-7H3,(H,84,85)(H,86,87)/t70?,71?,72-,73-,74-/m1/s1. The van der Waals surface area contributed by atoms with E-state index in [1.54, 1.807) is 0 Å². The Morgan fingerprint density at radius 1 is 0.299 bits per heavy atom. The van der Waals surface area contributed by atoms with Crippen molar-refractivity contribution in [2.75, 3.05) is 39.6 Å². The van der Waals surface area contributed by atoms with Crippen molar-refractivity contribution < 1.29 is 80.2 Å². The lowest BCUT2D eigenvalue weighted by atomic mass is 9.99.